The molecule has 380 valence electrons. The molecule has 3 aromatic carbocycles. The highest BCUT2D eigenvalue weighted by molar-refractivity contribution is 8.00. The quantitative estimate of drug-likeness (QED) is 0.0105. The Bertz CT molecular complexity index is 3050. The highest BCUT2D eigenvalue weighted by Gasteiger charge is 2.43. The lowest BCUT2D eigenvalue weighted by molar-refractivity contribution is -0.121. The van der Waals surface area contributed by atoms with E-state index in [2.05, 4.69) is 20.7 Å². The normalized spacial score (nSPS) is 17.7. The van der Waals surface area contributed by atoms with Gasteiger partial charge in [0.15, 0.2) is 16.4 Å². The summed E-state index contributed by atoms with van der Waals surface area (Å²) < 4.78 is 83.4. The molecule has 0 spiro atoms. The van der Waals surface area contributed by atoms with Crippen LogP contribution in [0, 0.1) is 5.41 Å². The topological polar surface area (TPSA) is 275 Å². The van der Waals surface area contributed by atoms with E-state index < -0.39 is 80.9 Å². The van der Waals surface area contributed by atoms with Crippen LogP contribution in [0.1, 0.15) is 156 Å². The van der Waals surface area contributed by atoms with Crippen LogP contribution >= 0.6 is 46.6 Å². The maximum Gasteiger partial charge on any atom is 0.337 e. The van der Waals surface area contributed by atoms with Gasteiger partial charge in [0.2, 0.25) is 11.8 Å². The number of fused-ring (bicyclic) bond motifs is 4. The number of nitrogens with one attached hydrogen (secondary N) is 2. The number of thioether (sulfide) groups is 1. The van der Waals surface area contributed by atoms with Crippen molar-refractivity contribution in [1.82, 2.24) is 10.6 Å². The molecule has 70 heavy (non-hydrogen) atoms. The summed E-state index contributed by atoms with van der Waals surface area (Å²) in [6, 6.07) is 3.18. The minimum absolute atomic E-state index is 0.0223. The molecule has 0 fully saturated rings. The average Bonchev–Trinajstić information content (AvgIpc) is 3.23. The smallest absolute Gasteiger partial charge is 0.337 e. The molecule has 6 rings (SSSR count). The van der Waals surface area contributed by atoms with Gasteiger partial charge in [-0.1, -0.05) is 86.9 Å². The van der Waals surface area contributed by atoms with E-state index in [0.717, 1.165) is 37.4 Å². The number of benzene rings is 3. The molecule has 0 bridgehead atoms. The lowest BCUT2D eigenvalue weighted by atomic mass is 9.69. The summed E-state index contributed by atoms with van der Waals surface area (Å²) in [7, 11) is -10.5. The highest BCUT2D eigenvalue weighted by atomic mass is 35.5. The van der Waals surface area contributed by atoms with Crippen LogP contribution in [0.25, 0.3) is 16.0 Å². The van der Waals surface area contributed by atoms with Gasteiger partial charge in [0, 0.05) is 57.8 Å². The molecule has 2 heterocycles. The number of azide groups is 1. The van der Waals surface area contributed by atoms with E-state index in [4.69, 9.17) is 50.1 Å². The first-order chi connectivity index (χ1) is 32.7. The molecule has 0 aromatic heterocycles. The van der Waals surface area contributed by atoms with Crippen molar-refractivity contribution < 1.29 is 50.2 Å². The van der Waals surface area contributed by atoms with Gasteiger partial charge in [-0.3, -0.25) is 23.7 Å². The first-order valence-electron chi connectivity index (χ1n) is 22.9. The van der Waals surface area contributed by atoms with Gasteiger partial charge < -0.3 is 20.5 Å². The van der Waals surface area contributed by atoms with Crippen molar-refractivity contribution in [2.45, 2.75) is 144 Å². The van der Waals surface area contributed by atoms with Crippen LogP contribution in [0.4, 0.5) is 0 Å². The monoisotopic (exact) mass is 1080 g/mol. The predicted molar refractivity (Wildman–Crippen MR) is 269 cm³/mol. The zero-order valence-corrected chi connectivity index (χ0v) is 44.4. The fourth-order valence-electron chi connectivity index (χ4n) is 9.99. The number of hydrogen-bond donors (Lipinski definition) is 5. The Morgan fingerprint density at radius 2 is 1.46 bits per heavy atom. The Morgan fingerprint density at radius 3 is 2.09 bits per heavy atom. The van der Waals surface area contributed by atoms with Crippen molar-refractivity contribution in [3.05, 3.63) is 81.6 Å². The molecule has 17 nitrogen and oxygen atoms in total. The zero-order valence-electron chi connectivity index (χ0n) is 39.7. The lowest BCUT2D eigenvalue weighted by Crippen LogP contribution is -2.38. The zero-order chi connectivity index (χ0) is 51.7. The van der Waals surface area contributed by atoms with E-state index in [0.29, 0.717) is 62.7 Å². The number of rotatable bonds is 20. The number of carbonyl (C=O) groups is 3. The molecule has 2 unspecified atom stereocenters. The Hall–Kier alpha value is -4.11. The van der Waals surface area contributed by atoms with Gasteiger partial charge in [-0.25, -0.2) is 4.79 Å². The number of hydrogen-bond acceptors (Lipinski definition) is 11. The number of unbranched alkanes of at least 4 members (excludes halogenated alkanes) is 5. The maximum atomic E-state index is 13.7. The molecule has 2 aliphatic heterocycles. The molecule has 2 amide bonds. The molecule has 23 heteroatoms. The first-order valence-corrected chi connectivity index (χ1v) is 27.9. The van der Waals surface area contributed by atoms with E-state index in [1.807, 2.05) is 27.7 Å². The van der Waals surface area contributed by atoms with E-state index in [-0.39, 0.29) is 78.3 Å². The van der Waals surface area contributed by atoms with Crippen LogP contribution in [-0.4, -0.2) is 79.8 Å². The molecule has 0 radical (unpaired) electrons. The van der Waals surface area contributed by atoms with E-state index in [1.165, 1.54) is 0 Å². The largest absolute Gasteiger partial charge is 0.478 e. The minimum atomic E-state index is -5.28. The number of carboxylic acid groups (broad SMARTS) is 1. The van der Waals surface area contributed by atoms with Crippen molar-refractivity contribution >= 4 is 90.2 Å². The lowest BCUT2D eigenvalue weighted by Gasteiger charge is -2.38. The SMILES string of the molecule is CC1CC(C)(C)Cc2c1cc1c(c2S(=O)(=O)O)Oc2c(S(=O)(=O)O)c3c(cc2=C1c1c(Cl)c(SCC(=O)NCCCCCC(=O)NCCCCCCN=[N+]=[N-])c(Cl)c(Cl)c1C(=O)O)C(C)CC(C)(C)N=3. The van der Waals surface area contributed by atoms with Gasteiger partial charge in [0.1, 0.15) is 4.90 Å². The molecule has 5 N–H and O–H groups in total. The second-order valence-electron chi connectivity index (χ2n) is 19.6. The Balaban J connectivity index is 1.41. The van der Waals surface area contributed by atoms with Crippen molar-refractivity contribution in [2.75, 3.05) is 25.4 Å². The number of ether oxygens (including phenoxy) is 1. The molecule has 0 saturated carbocycles. The summed E-state index contributed by atoms with van der Waals surface area (Å²) in [5.41, 5.74) is 6.91. The maximum absolute atomic E-state index is 13.7. The third-order valence-corrected chi connectivity index (χ3v) is 17.1. The number of nitrogens with zero attached hydrogens (tertiary/aromatic N) is 4. The Kier molecular flexibility index (Phi) is 17.3. The first kappa shape index (κ1) is 55.2. The standard InChI is InChI=1S/C47H57Cl3N6O11S3/c1-24-20-46(3,4)22-30-26(24)18-28-33(29-19-27-25(2)21-47(5,6)55-39(27)44(70(64,65)66)41(29)67-40(28)43(30)69(61,62)63)34-35(45(59)60)36(48)38(50)42(37(34)49)68-23-32(58)53-16-12-9-10-14-31(57)52-15-11-7-8-13-17-54-56-51/h18-19,24-25H,7-17,20-23H2,1-6H3,(H,52,57)(H,53,58)(H,59,60)(H,61,62,63)(H,64,65,66). The number of carbonyl (C=O) groups excluding carboxylic acids is 2. The molecular formula is C47H57Cl3N6O11S3. The number of halogens is 3. The van der Waals surface area contributed by atoms with Crippen LogP contribution in [0.5, 0.6) is 11.5 Å². The number of amides is 2. The van der Waals surface area contributed by atoms with Gasteiger partial charge in [-0.05, 0) is 110 Å². The summed E-state index contributed by atoms with van der Waals surface area (Å²) >= 11 is 21.8. The van der Waals surface area contributed by atoms with Crippen LogP contribution in [0.2, 0.25) is 15.1 Å². The van der Waals surface area contributed by atoms with Gasteiger partial charge in [-0.15, -0.1) is 11.8 Å². The second kappa shape index (κ2) is 21.9. The van der Waals surface area contributed by atoms with Crippen LogP contribution < -0.4 is 25.9 Å². The summed E-state index contributed by atoms with van der Waals surface area (Å²) in [6.45, 7) is 12.4. The van der Waals surface area contributed by atoms with Gasteiger partial charge in [0.05, 0.1) is 37.3 Å². The summed E-state index contributed by atoms with van der Waals surface area (Å²) in [5, 5.41) is 18.8. The fraction of sp³-hybridized carbons (Fsp3) is 0.532. The summed E-state index contributed by atoms with van der Waals surface area (Å²) in [4.78, 5) is 44.9. The van der Waals surface area contributed by atoms with Gasteiger partial charge in [0.25, 0.3) is 20.2 Å². The molecule has 2 atom stereocenters. The van der Waals surface area contributed by atoms with Crippen molar-refractivity contribution in [3.8, 4) is 11.5 Å². The molecular weight excluding hydrogens is 1030 g/mol. The van der Waals surface area contributed by atoms with Gasteiger partial charge >= 0.3 is 5.97 Å². The highest BCUT2D eigenvalue weighted by Crippen LogP contribution is 2.54. The van der Waals surface area contributed by atoms with Crippen LogP contribution in [-0.2, 0) is 36.2 Å². The Morgan fingerprint density at radius 1 is 0.843 bits per heavy atom. The molecule has 3 aliphatic rings. The predicted octanol–water partition coefficient (Wildman–Crippen LogP) is 9.93. The third kappa shape index (κ3) is 12.2. The van der Waals surface area contributed by atoms with E-state index in [9.17, 15) is 45.4 Å². The van der Waals surface area contributed by atoms with Gasteiger partial charge in [-0.2, -0.15) is 16.8 Å². The number of carboxylic acids is 1. The van der Waals surface area contributed by atoms with E-state index in [1.54, 1.807) is 26.0 Å². The fourth-order valence-corrected chi connectivity index (χ4v) is 13.7. The minimum Gasteiger partial charge on any atom is -0.478 e. The molecule has 0 saturated heterocycles. The molecule has 1 aliphatic carbocycles. The van der Waals surface area contributed by atoms with Crippen LogP contribution in [0.15, 0.2) is 36.9 Å². The number of aromatic carboxylic acids is 1. The van der Waals surface area contributed by atoms with E-state index >= 15 is 0 Å². The second-order valence-corrected chi connectivity index (χ2v) is 24.4. The molecule has 3 aromatic rings. The summed E-state index contributed by atoms with van der Waals surface area (Å²) in [6.07, 6.45) is 6.78. The third-order valence-electron chi connectivity index (χ3n) is 12.7. The van der Waals surface area contributed by atoms with Crippen molar-refractivity contribution in [3.63, 3.8) is 0 Å². The van der Waals surface area contributed by atoms with Crippen molar-refractivity contribution in [2.24, 2.45) is 15.5 Å². The average molecular weight is 1080 g/mol. The van der Waals surface area contributed by atoms with Crippen LogP contribution in [0.3, 0.4) is 0 Å². The Labute approximate surface area is 426 Å². The summed E-state index contributed by atoms with van der Waals surface area (Å²) in [5.74, 6) is -4.23. The van der Waals surface area contributed by atoms with Crippen molar-refractivity contribution in [1.29, 1.82) is 0 Å².